The first-order valence-electron chi connectivity index (χ1n) is 8.07. The van der Waals surface area contributed by atoms with Crippen molar-refractivity contribution in [3.63, 3.8) is 0 Å². The van der Waals surface area contributed by atoms with Gasteiger partial charge in [0.05, 0.1) is 0 Å². The Labute approximate surface area is 147 Å². The number of aromatic nitrogens is 1. The third kappa shape index (κ3) is 2.66. The number of nitrogens with one attached hydrogen (secondary N) is 1. The summed E-state index contributed by atoms with van der Waals surface area (Å²) in [6.45, 7) is 0. The Balaban J connectivity index is 1.42. The fourth-order valence-corrected chi connectivity index (χ4v) is 3.03. The molecular formula is C19H13ClN2O3. The number of rotatable bonds is 3. The van der Waals surface area contributed by atoms with E-state index in [1.165, 1.54) is 0 Å². The Kier molecular flexibility index (Phi) is 3.12. The Morgan fingerprint density at radius 1 is 1.08 bits per heavy atom. The second-order valence-electron chi connectivity index (χ2n) is 6.26. The molecule has 0 atom stereocenters. The summed E-state index contributed by atoms with van der Waals surface area (Å²) in [6, 6.07) is 12.3. The maximum Gasteiger partial charge on any atom is 0.291 e. The molecule has 1 aliphatic carbocycles. The van der Waals surface area contributed by atoms with Crippen LogP contribution >= 0.6 is 11.6 Å². The largest absolute Gasteiger partial charge is 0.451 e. The van der Waals surface area contributed by atoms with Crippen LogP contribution in [0.25, 0.3) is 22.1 Å². The highest BCUT2D eigenvalue weighted by Gasteiger charge is 2.28. The van der Waals surface area contributed by atoms with Crippen LogP contribution in [0.15, 0.2) is 51.3 Å². The van der Waals surface area contributed by atoms with Gasteiger partial charge in [-0.3, -0.25) is 4.79 Å². The van der Waals surface area contributed by atoms with E-state index in [0.29, 0.717) is 22.2 Å². The van der Waals surface area contributed by atoms with Crippen LogP contribution in [-0.4, -0.2) is 10.9 Å². The standard InChI is InChI=1S/C19H13ClN2O3/c20-12-3-5-15-11(7-12)8-17(24-15)18(23)21-13-4-6-16-14(9-13)22-19(25-16)10-1-2-10/h3-10H,1-2H2,(H,21,23). The molecule has 1 fully saturated rings. The lowest BCUT2D eigenvalue weighted by molar-refractivity contribution is 0.0998. The minimum Gasteiger partial charge on any atom is -0.451 e. The lowest BCUT2D eigenvalue weighted by atomic mass is 10.2. The third-order valence-corrected chi connectivity index (χ3v) is 4.53. The van der Waals surface area contributed by atoms with Crippen molar-refractivity contribution in [2.24, 2.45) is 0 Å². The van der Waals surface area contributed by atoms with Gasteiger partial charge < -0.3 is 14.2 Å². The molecule has 25 heavy (non-hydrogen) atoms. The van der Waals surface area contributed by atoms with E-state index in [9.17, 15) is 4.79 Å². The van der Waals surface area contributed by atoms with Crippen LogP contribution in [0, 0.1) is 0 Å². The zero-order valence-electron chi connectivity index (χ0n) is 13.1. The number of oxazole rings is 1. The number of furan rings is 1. The first-order chi connectivity index (χ1) is 12.2. The summed E-state index contributed by atoms with van der Waals surface area (Å²) < 4.78 is 11.3. The molecule has 124 valence electrons. The Morgan fingerprint density at radius 2 is 1.92 bits per heavy atom. The van der Waals surface area contributed by atoms with E-state index < -0.39 is 0 Å². The lowest BCUT2D eigenvalue weighted by Crippen LogP contribution is -2.10. The normalized spacial score (nSPS) is 14.3. The maximum atomic E-state index is 12.4. The van der Waals surface area contributed by atoms with E-state index in [2.05, 4.69) is 10.3 Å². The van der Waals surface area contributed by atoms with Gasteiger partial charge in [-0.25, -0.2) is 4.98 Å². The zero-order chi connectivity index (χ0) is 17.0. The molecule has 0 spiro atoms. The predicted octanol–water partition coefficient (Wildman–Crippen LogP) is 5.36. The molecule has 0 aliphatic heterocycles. The molecule has 2 heterocycles. The number of carbonyl (C=O) groups is 1. The molecule has 6 heteroatoms. The molecule has 0 saturated heterocycles. The Morgan fingerprint density at radius 3 is 2.76 bits per heavy atom. The number of amides is 1. The second kappa shape index (κ2) is 5.36. The van der Waals surface area contributed by atoms with Gasteiger partial charge in [-0.15, -0.1) is 0 Å². The van der Waals surface area contributed by atoms with Gasteiger partial charge in [-0.05, 0) is 55.3 Å². The van der Waals surface area contributed by atoms with Crippen LogP contribution < -0.4 is 5.32 Å². The number of hydrogen-bond acceptors (Lipinski definition) is 4. The quantitative estimate of drug-likeness (QED) is 0.539. The van der Waals surface area contributed by atoms with Crippen LogP contribution in [0.2, 0.25) is 5.02 Å². The molecule has 5 rings (SSSR count). The molecule has 0 unspecified atom stereocenters. The highest BCUT2D eigenvalue weighted by Crippen LogP contribution is 2.40. The highest BCUT2D eigenvalue weighted by molar-refractivity contribution is 6.31. The molecule has 0 radical (unpaired) electrons. The lowest BCUT2D eigenvalue weighted by Gasteiger charge is -2.02. The van der Waals surface area contributed by atoms with Gasteiger partial charge in [-0.1, -0.05) is 11.6 Å². The van der Waals surface area contributed by atoms with Gasteiger partial charge in [0.1, 0.15) is 11.1 Å². The summed E-state index contributed by atoms with van der Waals surface area (Å²) in [5.74, 6) is 1.15. The van der Waals surface area contributed by atoms with Crippen molar-refractivity contribution in [1.82, 2.24) is 4.98 Å². The average molecular weight is 353 g/mol. The Hall–Kier alpha value is -2.79. The highest BCUT2D eigenvalue weighted by atomic mass is 35.5. The number of hydrogen-bond donors (Lipinski definition) is 1. The molecule has 0 bridgehead atoms. The van der Waals surface area contributed by atoms with Crippen molar-refractivity contribution in [2.45, 2.75) is 18.8 Å². The number of benzene rings is 2. The van der Waals surface area contributed by atoms with Crippen LogP contribution in [0.1, 0.15) is 35.2 Å². The first-order valence-corrected chi connectivity index (χ1v) is 8.44. The van der Waals surface area contributed by atoms with Crippen molar-refractivity contribution < 1.29 is 13.6 Å². The van der Waals surface area contributed by atoms with E-state index in [0.717, 1.165) is 35.2 Å². The van der Waals surface area contributed by atoms with Crippen LogP contribution in [0.3, 0.4) is 0 Å². The summed E-state index contributed by atoms with van der Waals surface area (Å²) >= 11 is 5.96. The number of anilines is 1. The van der Waals surface area contributed by atoms with Gasteiger partial charge in [0.25, 0.3) is 5.91 Å². The van der Waals surface area contributed by atoms with Gasteiger partial charge in [0.2, 0.25) is 0 Å². The molecule has 1 saturated carbocycles. The zero-order valence-corrected chi connectivity index (χ0v) is 13.8. The number of nitrogens with zero attached hydrogens (tertiary/aromatic N) is 1. The van der Waals surface area contributed by atoms with E-state index >= 15 is 0 Å². The van der Waals surface area contributed by atoms with Gasteiger partial charge >= 0.3 is 0 Å². The predicted molar refractivity (Wildman–Crippen MR) is 95.2 cm³/mol. The van der Waals surface area contributed by atoms with Gasteiger partial charge in [-0.2, -0.15) is 0 Å². The van der Waals surface area contributed by atoms with Crippen LogP contribution in [0.4, 0.5) is 5.69 Å². The minimum atomic E-state index is -0.322. The topological polar surface area (TPSA) is 68.3 Å². The van der Waals surface area contributed by atoms with Gasteiger partial charge in [0, 0.05) is 22.0 Å². The molecule has 2 aromatic heterocycles. The molecule has 1 amide bonds. The molecular weight excluding hydrogens is 340 g/mol. The molecule has 4 aromatic rings. The number of halogens is 1. The molecule has 5 nitrogen and oxygen atoms in total. The summed E-state index contributed by atoms with van der Waals surface area (Å²) in [5, 5.41) is 4.22. The van der Waals surface area contributed by atoms with E-state index in [-0.39, 0.29) is 11.7 Å². The Bertz CT molecular complexity index is 1120. The van der Waals surface area contributed by atoms with Crippen LogP contribution in [-0.2, 0) is 0 Å². The third-order valence-electron chi connectivity index (χ3n) is 4.29. The maximum absolute atomic E-state index is 12.4. The van der Waals surface area contributed by atoms with Crippen molar-refractivity contribution in [1.29, 1.82) is 0 Å². The van der Waals surface area contributed by atoms with Crippen molar-refractivity contribution in [3.8, 4) is 0 Å². The summed E-state index contributed by atoms with van der Waals surface area (Å²) in [4.78, 5) is 17.0. The van der Waals surface area contributed by atoms with E-state index in [1.807, 2.05) is 12.1 Å². The molecule has 1 aliphatic rings. The van der Waals surface area contributed by atoms with Crippen molar-refractivity contribution >= 4 is 45.3 Å². The second-order valence-corrected chi connectivity index (χ2v) is 6.69. The molecule has 2 aromatic carbocycles. The van der Waals surface area contributed by atoms with E-state index in [4.69, 9.17) is 20.4 Å². The average Bonchev–Trinajstić information content (AvgIpc) is 3.22. The first kappa shape index (κ1) is 14.5. The molecule has 1 N–H and O–H groups in total. The van der Waals surface area contributed by atoms with Crippen molar-refractivity contribution in [2.75, 3.05) is 5.32 Å². The van der Waals surface area contributed by atoms with Gasteiger partial charge in [0.15, 0.2) is 17.2 Å². The number of fused-ring (bicyclic) bond motifs is 2. The smallest absolute Gasteiger partial charge is 0.291 e. The van der Waals surface area contributed by atoms with E-state index in [1.54, 1.807) is 30.3 Å². The van der Waals surface area contributed by atoms with Crippen LogP contribution in [0.5, 0.6) is 0 Å². The van der Waals surface area contributed by atoms with Crippen molar-refractivity contribution in [3.05, 3.63) is 59.1 Å². The fourth-order valence-electron chi connectivity index (χ4n) is 2.85. The summed E-state index contributed by atoms with van der Waals surface area (Å²) in [5.41, 5.74) is 2.75. The monoisotopic (exact) mass is 352 g/mol. The summed E-state index contributed by atoms with van der Waals surface area (Å²) in [6.07, 6.45) is 2.26. The fraction of sp³-hybridized carbons (Fsp3) is 0.158. The summed E-state index contributed by atoms with van der Waals surface area (Å²) in [7, 11) is 0. The number of carbonyl (C=O) groups excluding carboxylic acids is 1. The minimum absolute atomic E-state index is 0.233. The SMILES string of the molecule is O=C(Nc1ccc2oc(C3CC3)nc2c1)c1cc2cc(Cl)ccc2o1.